The molecule has 2 aliphatic heterocycles. The maximum absolute atomic E-state index is 15.7. The van der Waals surface area contributed by atoms with Crippen molar-refractivity contribution >= 4 is 31.1 Å². The molecule has 0 amide bonds. The van der Waals surface area contributed by atoms with E-state index in [0.29, 0.717) is 16.4 Å². The molecule has 0 aliphatic carbocycles. The van der Waals surface area contributed by atoms with E-state index in [1.54, 1.807) is 44.2 Å². The van der Waals surface area contributed by atoms with Gasteiger partial charge in [0.2, 0.25) is 0 Å². The fourth-order valence-electron chi connectivity index (χ4n) is 8.84. The SMILES string of the molecule is Cc1cn([C@H]2C[C@@H](O)[C@@H](CCP(=O)(c3ccccc3)C(O)[C@H]3C[C@H](n4cc(C)c(=O)[nH]c4=O)O[C@@H]3CO[Si](c3ccccc3)(c3ccccc3)C(C)(C)C)O2)c(=O)[nH]c1=O. The molecule has 0 saturated carbocycles. The van der Waals surface area contributed by atoms with Crippen LogP contribution in [0.15, 0.2) is 123 Å². The maximum Gasteiger partial charge on any atom is 0.330 e. The average Bonchev–Trinajstić information content (AvgIpc) is 3.83. The summed E-state index contributed by atoms with van der Waals surface area (Å²) < 4.78 is 38.4. The van der Waals surface area contributed by atoms with Crippen molar-refractivity contribution < 1.29 is 28.7 Å². The number of aryl methyl sites for hydroxylation is 2. The van der Waals surface area contributed by atoms with Crippen molar-refractivity contribution in [3.8, 4) is 0 Å². The largest absolute Gasteiger partial charge is 0.405 e. The van der Waals surface area contributed by atoms with Gasteiger partial charge in [-0.25, -0.2) is 9.59 Å². The number of benzene rings is 3. The molecule has 2 aliphatic rings. The lowest BCUT2D eigenvalue weighted by Gasteiger charge is -2.44. The van der Waals surface area contributed by atoms with Crippen LogP contribution in [0.1, 0.15) is 63.6 Å². The molecule has 14 nitrogen and oxygen atoms in total. The lowest BCUT2D eigenvalue weighted by atomic mass is 10.0. The number of nitrogens with zero attached hydrogens (tertiary/aromatic N) is 2. The Kier molecular flexibility index (Phi) is 12.5. The van der Waals surface area contributed by atoms with Crippen molar-refractivity contribution in [1.82, 2.24) is 19.1 Å². The van der Waals surface area contributed by atoms with E-state index in [-0.39, 0.29) is 32.0 Å². The van der Waals surface area contributed by atoms with E-state index >= 15 is 4.57 Å². The summed E-state index contributed by atoms with van der Waals surface area (Å²) in [5.74, 6) is -2.33. The summed E-state index contributed by atoms with van der Waals surface area (Å²) >= 11 is 0. The van der Waals surface area contributed by atoms with Gasteiger partial charge >= 0.3 is 11.4 Å². The molecule has 8 atom stereocenters. The Morgan fingerprint density at radius 1 is 0.767 bits per heavy atom. The average molecular weight is 857 g/mol. The first kappa shape index (κ1) is 43.4. The molecule has 16 heteroatoms. The molecule has 2 unspecified atom stereocenters. The molecule has 60 heavy (non-hydrogen) atoms. The van der Waals surface area contributed by atoms with Crippen LogP contribution < -0.4 is 38.2 Å². The Bertz CT molecular complexity index is 2530. The molecule has 4 N–H and O–H groups in total. The van der Waals surface area contributed by atoms with E-state index < -0.39 is 85.5 Å². The first-order valence-electron chi connectivity index (χ1n) is 20.2. The molecule has 2 fully saturated rings. The van der Waals surface area contributed by atoms with Crippen LogP contribution in [-0.2, 0) is 18.5 Å². The summed E-state index contributed by atoms with van der Waals surface area (Å²) in [4.78, 5) is 55.0. The highest BCUT2D eigenvalue weighted by atomic mass is 31.2. The summed E-state index contributed by atoms with van der Waals surface area (Å²) in [6.45, 7) is 9.57. The van der Waals surface area contributed by atoms with Gasteiger partial charge in [-0.3, -0.25) is 28.7 Å². The number of aromatic amines is 2. The first-order valence-corrected chi connectivity index (χ1v) is 24.1. The molecular formula is C44H53N4O10PSi. The summed E-state index contributed by atoms with van der Waals surface area (Å²) in [5, 5.41) is 26.0. The minimum atomic E-state index is -3.83. The van der Waals surface area contributed by atoms with Crippen LogP contribution in [0.5, 0.6) is 0 Å². The number of aliphatic hydroxyl groups excluding tert-OH is 2. The second kappa shape index (κ2) is 17.3. The number of aromatic nitrogens is 4. The van der Waals surface area contributed by atoms with E-state index in [4.69, 9.17) is 13.9 Å². The van der Waals surface area contributed by atoms with Crippen LogP contribution >= 0.6 is 7.14 Å². The molecule has 3 aromatic carbocycles. The van der Waals surface area contributed by atoms with Gasteiger partial charge in [0.05, 0.1) is 24.9 Å². The Labute approximate surface area is 348 Å². The van der Waals surface area contributed by atoms with Gasteiger partial charge in [0.15, 0.2) is 0 Å². The zero-order chi connectivity index (χ0) is 43.0. The van der Waals surface area contributed by atoms with E-state index in [0.717, 1.165) is 10.4 Å². The number of rotatable bonds is 13. The van der Waals surface area contributed by atoms with Crippen LogP contribution in [0, 0.1) is 19.8 Å². The Hall–Kier alpha value is -4.73. The van der Waals surface area contributed by atoms with Crippen molar-refractivity contribution in [2.75, 3.05) is 12.8 Å². The molecule has 0 radical (unpaired) electrons. The van der Waals surface area contributed by atoms with E-state index in [9.17, 15) is 29.4 Å². The van der Waals surface area contributed by atoms with Crippen LogP contribution in [0.4, 0.5) is 0 Å². The molecule has 5 aromatic rings. The molecule has 0 spiro atoms. The lowest BCUT2D eigenvalue weighted by molar-refractivity contribution is -0.0362. The van der Waals surface area contributed by atoms with Gasteiger partial charge < -0.3 is 28.7 Å². The van der Waals surface area contributed by atoms with E-state index in [2.05, 4.69) is 55.0 Å². The highest BCUT2D eigenvalue weighted by Crippen LogP contribution is 2.56. The highest BCUT2D eigenvalue weighted by Gasteiger charge is 2.53. The van der Waals surface area contributed by atoms with Crippen LogP contribution in [0.25, 0.3) is 0 Å². The molecule has 2 aromatic heterocycles. The van der Waals surface area contributed by atoms with Crippen molar-refractivity contribution in [1.29, 1.82) is 0 Å². The normalized spacial score (nSPS) is 23.6. The molecule has 4 heterocycles. The van der Waals surface area contributed by atoms with Crippen LogP contribution in [0.2, 0.25) is 5.04 Å². The number of aliphatic hydroxyl groups is 2. The number of hydrogen-bond acceptors (Lipinski definition) is 10. The Balaban J connectivity index is 1.25. The van der Waals surface area contributed by atoms with Crippen molar-refractivity contribution in [2.45, 2.75) is 95.5 Å². The monoisotopic (exact) mass is 856 g/mol. The smallest absolute Gasteiger partial charge is 0.330 e. The fourth-order valence-corrected chi connectivity index (χ4v) is 16.5. The van der Waals surface area contributed by atoms with Crippen molar-refractivity contribution in [2.24, 2.45) is 5.92 Å². The zero-order valence-electron chi connectivity index (χ0n) is 34.4. The predicted octanol–water partition coefficient (Wildman–Crippen LogP) is 3.23. The third-order valence-corrected chi connectivity index (χ3v) is 20.4. The van der Waals surface area contributed by atoms with Gasteiger partial charge in [0, 0.05) is 53.7 Å². The second-order valence-corrected chi connectivity index (χ2v) is 24.3. The number of nitrogens with one attached hydrogen (secondary N) is 2. The Morgan fingerprint density at radius 2 is 1.23 bits per heavy atom. The number of hydrogen-bond donors (Lipinski definition) is 4. The Morgan fingerprint density at radius 3 is 1.73 bits per heavy atom. The summed E-state index contributed by atoms with van der Waals surface area (Å²) in [6.07, 6.45) is -1.62. The minimum Gasteiger partial charge on any atom is -0.405 e. The number of H-pyrrole nitrogens is 2. The summed E-state index contributed by atoms with van der Waals surface area (Å²) in [6, 6.07) is 28.8. The highest BCUT2D eigenvalue weighted by molar-refractivity contribution is 7.72. The maximum atomic E-state index is 15.7. The second-order valence-electron chi connectivity index (χ2n) is 16.9. The molecule has 0 bridgehead atoms. The third kappa shape index (κ3) is 8.32. The predicted molar refractivity (Wildman–Crippen MR) is 231 cm³/mol. The van der Waals surface area contributed by atoms with Gasteiger partial charge in [0.25, 0.3) is 19.4 Å². The summed E-state index contributed by atoms with van der Waals surface area (Å²) in [5.41, 5.74) is -1.79. The molecule has 7 rings (SSSR count). The van der Waals surface area contributed by atoms with Crippen LogP contribution in [-0.4, -0.2) is 74.6 Å². The van der Waals surface area contributed by atoms with Crippen LogP contribution in [0.3, 0.4) is 0 Å². The van der Waals surface area contributed by atoms with Gasteiger partial charge in [-0.1, -0.05) is 112 Å². The first-order chi connectivity index (χ1) is 28.5. The lowest BCUT2D eigenvalue weighted by Crippen LogP contribution is -2.67. The topological polar surface area (TPSA) is 195 Å². The third-order valence-electron chi connectivity index (χ3n) is 12.0. The molecular weight excluding hydrogens is 804 g/mol. The standard InChI is InChI=1S/C44H53N4O10PSi/c1-28-25-47(42(53)45-39(28)50)37-23-33(36(58-37)27-56-60(44(3,4)5,31-17-11-7-12-18-31)32-19-13-8-14-20-32)41(52)59(55,30-15-9-6-10-16-30)22-21-35-34(49)24-38(57-35)48-26-29(2)40(51)46-43(48)54/h6-20,25-26,33-38,41,49,52H,21-24,27H2,1-5H3,(H,45,50,53)(H,46,51,54)/t33-,34+,35+,36+,37+,38+,41?,59?/m0/s1. The zero-order valence-corrected chi connectivity index (χ0v) is 36.3. The molecule has 2 saturated heterocycles. The minimum absolute atomic E-state index is 0.0170. The van der Waals surface area contributed by atoms with Gasteiger partial charge in [0.1, 0.15) is 25.4 Å². The van der Waals surface area contributed by atoms with E-state index in [1.807, 2.05) is 36.4 Å². The van der Waals surface area contributed by atoms with Gasteiger partial charge in [-0.2, -0.15) is 0 Å². The summed E-state index contributed by atoms with van der Waals surface area (Å²) in [7, 11) is -6.97. The molecule has 318 valence electrons. The van der Waals surface area contributed by atoms with Gasteiger partial charge in [-0.05, 0) is 35.7 Å². The quantitative estimate of drug-likeness (QED) is 0.101. The number of ether oxygens (including phenoxy) is 2. The van der Waals surface area contributed by atoms with Crippen molar-refractivity contribution in [3.63, 3.8) is 0 Å². The van der Waals surface area contributed by atoms with Crippen molar-refractivity contribution in [3.05, 3.63) is 156 Å². The van der Waals surface area contributed by atoms with Gasteiger partial charge in [-0.15, -0.1) is 0 Å². The van der Waals surface area contributed by atoms with E-state index in [1.165, 1.54) is 21.5 Å². The fraction of sp³-hybridized carbons (Fsp3) is 0.409.